The standard InChI is InChI=1S/C21H28O4/c1-4-21(17-5-9-19(10-6-17)24-13-15(2)22)18-7-11-20(12-8-18)25-14-16(3)23/h5-12,15-16,21-23H,4,13-14H2,1-3H3. The zero-order valence-electron chi connectivity index (χ0n) is 15.2. The summed E-state index contributed by atoms with van der Waals surface area (Å²) in [5.74, 6) is 1.83. The lowest BCUT2D eigenvalue weighted by atomic mass is 9.89. The highest BCUT2D eigenvalue weighted by Crippen LogP contribution is 2.30. The van der Waals surface area contributed by atoms with E-state index in [2.05, 4.69) is 31.2 Å². The molecule has 25 heavy (non-hydrogen) atoms. The Morgan fingerprint density at radius 2 is 1.08 bits per heavy atom. The van der Waals surface area contributed by atoms with Gasteiger partial charge in [0, 0.05) is 5.92 Å². The first-order valence-corrected chi connectivity index (χ1v) is 8.81. The third-order valence-electron chi connectivity index (χ3n) is 3.96. The Bertz CT molecular complexity index is 562. The summed E-state index contributed by atoms with van der Waals surface area (Å²) in [5, 5.41) is 18.6. The highest BCUT2D eigenvalue weighted by molar-refractivity contribution is 5.38. The molecule has 0 radical (unpaired) electrons. The van der Waals surface area contributed by atoms with E-state index < -0.39 is 12.2 Å². The van der Waals surface area contributed by atoms with Crippen LogP contribution in [0.25, 0.3) is 0 Å². The minimum Gasteiger partial charge on any atom is -0.491 e. The van der Waals surface area contributed by atoms with E-state index in [-0.39, 0.29) is 0 Å². The second-order valence-corrected chi connectivity index (χ2v) is 6.42. The molecule has 0 heterocycles. The SMILES string of the molecule is CCC(c1ccc(OCC(C)O)cc1)c1ccc(OCC(C)O)cc1. The van der Waals surface area contributed by atoms with E-state index in [0.29, 0.717) is 19.1 Å². The van der Waals surface area contributed by atoms with Crippen LogP contribution in [0, 0.1) is 0 Å². The summed E-state index contributed by atoms with van der Waals surface area (Å²) in [7, 11) is 0. The molecule has 2 N–H and O–H groups in total. The van der Waals surface area contributed by atoms with Crippen molar-refractivity contribution in [3.05, 3.63) is 59.7 Å². The highest BCUT2D eigenvalue weighted by Gasteiger charge is 2.12. The van der Waals surface area contributed by atoms with Gasteiger partial charge in [0.15, 0.2) is 0 Å². The molecule has 2 atom stereocenters. The summed E-state index contributed by atoms with van der Waals surface area (Å²) in [6.45, 7) is 6.17. The fourth-order valence-electron chi connectivity index (χ4n) is 2.69. The summed E-state index contributed by atoms with van der Waals surface area (Å²) in [6.07, 6.45) is 0.0390. The Hall–Kier alpha value is -2.04. The second kappa shape index (κ2) is 9.44. The number of hydrogen-bond acceptors (Lipinski definition) is 4. The number of benzene rings is 2. The molecule has 0 aliphatic carbocycles. The molecule has 0 spiro atoms. The summed E-state index contributed by atoms with van der Waals surface area (Å²) in [5.41, 5.74) is 2.45. The first kappa shape index (κ1) is 19.3. The van der Waals surface area contributed by atoms with E-state index in [1.54, 1.807) is 13.8 Å². The van der Waals surface area contributed by atoms with Crippen LogP contribution in [0.4, 0.5) is 0 Å². The molecule has 2 unspecified atom stereocenters. The van der Waals surface area contributed by atoms with Crippen molar-refractivity contribution in [2.45, 2.75) is 45.3 Å². The Morgan fingerprint density at radius 3 is 1.36 bits per heavy atom. The van der Waals surface area contributed by atoms with Gasteiger partial charge in [-0.1, -0.05) is 31.2 Å². The van der Waals surface area contributed by atoms with Gasteiger partial charge in [0.2, 0.25) is 0 Å². The van der Waals surface area contributed by atoms with Crippen molar-refractivity contribution in [3.8, 4) is 11.5 Å². The fourth-order valence-corrected chi connectivity index (χ4v) is 2.69. The number of rotatable bonds is 9. The van der Waals surface area contributed by atoms with Gasteiger partial charge < -0.3 is 19.7 Å². The Morgan fingerprint density at radius 1 is 0.720 bits per heavy atom. The van der Waals surface area contributed by atoms with Crippen LogP contribution in [-0.4, -0.2) is 35.6 Å². The van der Waals surface area contributed by atoms with Crippen LogP contribution in [0.5, 0.6) is 11.5 Å². The maximum atomic E-state index is 9.29. The van der Waals surface area contributed by atoms with Gasteiger partial charge in [-0.25, -0.2) is 0 Å². The van der Waals surface area contributed by atoms with Crippen LogP contribution in [0.2, 0.25) is 0 Å². The van der Waals surface area contributed by atoms with E-state index in [1.807, 2.05) is 24.3 Å². The minimum absolute atomic E-state index is 0.296. The lowest BCUT2D eigenvalue weighted by Crippen LogP contribution is -2.13. The zero-order valence-corrected chi connectivity index (χ0v) is 15.2. The van der Waals surface area contributed by atoms with Gasteiger partial charge in [-0.15, -0.1) is 0 Å². The first-order valence-electron chi connectivity index (χ1n) is 8.81. The van der Waals surface area contributed by atoms with Crippen LogP contribution < -0.4 is 9.47 Å². The average Bonchev–Trinajstić information content (AvgIpc) is 2.61. The number of hydrogen-bond donors (Lipinski definition) is 2. The summed E-state index contributed by atoms with van der Waals surface area (Å²) < 4.78 is 11.0. The molecule has 2 aromatic carbocycles. The van der Waals surface area contributed by atoms with Gasteiger partial charge in [-0.3, -0.25) is 0 Å². The van der Waals surface area contributed by atoms with E-state index in [4.69, 9.17) is 9.47 Å². The average molecular weight is 344 g/mol. The molecule has 2 aromatic rings. The van der Waals surface area contributed by atoms with Gasteiger partial charge in [-0.2, -0.15) is 0 Å². The van der Waals surface area contributed by atoms with Gasteiger partial charge in [0.25, 0.3) is 0 Å². The predicted molar refractivity (Wildman–Crippen MR) is 99.4 cm³/mol. The van der Waals surface area contributed by atoms with Crippen molar-refractivity contribution < 1.29 is 19.7 Å². The number of aliphatic hydroxyl groups is 2. The minimum atomic E-state index is -0.474. The predicted octanol–water partition coefficient (Wildman–Crippen LogP) is 3.75. The largest absolute Gasteiger partial charge is 0.491 e. The lowest BCUT2D eigenvalue weighted by Gasteiger charge is -2.17. The molecule has 0 saturated carbocycles. The molecular formula is C21H28O4. The molecule has 0 aromatic heterocycles. The van der Waals surface area contributed by atoms with E-state index in [9.17, 15) is 10.2 Å². The lowest BCUT2D eigenvalue weighted by molar-refractivity contribution is 0.122. The Balaban J connectivity index is 2.05. The topological polar surface area (TPSA) is 58.9 Å². The molecule has 0 bridgehead atoms. The summed E-state index contributed by atoms with van der Waals surface area (Å²) in [6, 6.07) is 16.1. The molecule has 4 heteroatoms. The van der Waals surface area contributed by atoms with Crippen molar-refractivity contribution in [1.29, 1.82) is 0 Å². The highest BCUT2D eigenvalue weighted by atomic mass is 16.5. The molecule has 0 fully saturated rings. The number of ether oxygens (including phenoxy) is 2. The Labute approximate surface area is 150 Å². The van der Waals surface area contributed by atoms with Gasteiger partial charge >= 0.3 is 0 Å². The van der Waals surface area contributed by atoms with Crippen molar-refractivity contribution in [3.63, 3.8) is 0 Å². The van der Waals surface area contributed by atoms with Crippen LogP contribution in [0.1, 0.15) is 44.2 Å². The first-order chi connectivity index (χ1) is 12.0. The summed E-state index contributed by atoms with van der Waals surface area (Å²) >= 11 is 0. The van der Waals surface area contributed by atoms with E-state index >= 15 is 0 Å². The van der Waals surface area contributed by atoms with Crippen LogP contribution in [-0.2, 0) is 0 Å². The third kappa shape index (κ3) is 6.07. The normalized spacial score (nSPS) is 14.6. The fraction of sp³-hybridized carbons (Fsp3) is 0.429. The Kier molecular flexibility index (Phi) is 7.29. The van der Waals surface area contributed by atoms with E-state index in [1.165, 1.54) is 11.1 Å². The van der Waals surface area contributed by atoms with Crippen molar-refractivity contribution >= 4 is 0 Å². The molecule has 0 saturated heterocycles. The van der Waals surface area contributed by atoms with Crippen LogP contribution in [0.15, 0.2) is 48.5 Å². The molecule has 0 aliphatic rings. The second-order valence-electron chi connectivity index (χ2n) is 6.42. The van der Waals surface area contributed by atoms with Gasteiger partial charge in [-0.05, 0) is 55.7 Å². The van der Waals surface area contributed by atoms with E-state index in [0.717, 1.165) is 17.9 Å². The maximum absolute atomic E-state index is 9.29. The van der Waals surface area contributed by atoms with Crippen LogP contribution >= 0.6 is 0 Å². The molecule has 4 nitrogen and oxygen atoms in total. The van der Waals surface area contributed by atoms with Gasteiger partial charge in [0.1, 0.15) is 24.7 Å². The molecular weight excluding hydrogens is 316 g/mol. The quantitative estimate of drug-likeness (QED) is 0.727. The van der Waals surface area contributed by atoms with Crippen molar-refractivity contribution in [2.24, 2.45) is 0 Å². The molecule has 0 aliphatic heterocycles. The molecule has 0 amide bonds. The molecule has 136 valence electrons. The zero-order chi connectivity index (χ0) is 18.2. The maximum Gasteiger partial charge on any atom is 0.119 e. The van der Waals surface area contributed by atoms with Gasteiger partial charge in [0.05, 0.1) is 12.2 Å². The summed E-state index contributed by atoms with van der Waals surface area (Å²) in [4.78, 5) is 0. The third-order valence-corrected chi connectivity index (χ3v) is 3.96. The van der Waals surface area contributed by atoms with Crippen molar-refractivity contribution in [1.82, 2.24) is 0 Å². The number of aliphatic hydroxyl groups excluding tert-OH is 2. The van der Waals surface area contributed by atoms with Crippen LogP contribution in [0.3, 0.4) is 0 Å². The monoisotopic (exact) mass is 344 g/mol. The molecule has 2 rings (SSSR count). The smallest absolute Gasteiger partial charge is 0.119 e. The van der Waals surface area contributed by atoms with Crippen molar-refractivity contribution in [2.75, 3.05) is 13.2 Å².